The number of nitrogen functional groups attached to an aromatic ring is 1. The number of aliphatic hydroxyl groups excluding tert-OH is 4. The number of aliphatic carboxylic acids is 1. The van der Waals surface area contributed by atoms with Crippen molar-refractivity contribution in [2.75, 3.05) is 26.0 Å². The summed E-state index contributed by atoms with van der Waals surface area (Å²) in [4.78, 5) is 33.8. The molecule has 0 aromatic heterocycles. The van der Waals surface area contributed by atoms with Crippen molar-refractivity contribution >= 4 is 17.6 Å². The van der Waals surface area contributed by atoms with Gasteiger partial charge in [-0.1, -0.05) is 0 Å². The fourth-order valence-corrected chi connectivity index (χ4v) is 4.36. The molecule has 1 aromatic carbocycles. The number of carbonyl (C=O) groups excluding carboxylic acids is 1. The zero-order valence-electron chi connectivity index (χ0n) is 20.1. The number of ether oxygens (including phenoxy) is 3. The zero-order valence-corrected chi connectivity index (χ0v) is 20.1. The van der Waals surface area contributed by atoms with E-state index in [0.29, 0.717) is 0 Å². The van der Waals surface area contributed by atoms with Crippen LogP contribution in [0.25, 0.3) is 0 Å². The highest BCUT2D eigenvalue weighted by Crippen LogP contribution is 2.28. The van der Waals surface area contributed by atoms with Crippen molar-refractivity contribution in [3.63, 3.8) is 0 Å². The first-order valence-electron chi connectivity index (χ1n) is 11.6. The molecule has 15 nitrogen and oxygen atoms in total. The fraction of sp³-hybridized carbons (Fsp3) is 0.636. The van der Waals surface area contributed by atoms with E-state index in [1.165, 1.54) is 18.2 Å². The topological polar surface area (TPSA) is 244 Å². The average Bonchev–Trinajstić information content (AvgIpc) is 2.85. The number of aliphatic hydroxyl groups is 4. The molecule has 2 aliphatic heterocycles. The Kier molecular flexibility index (Phi) is 9.63. The minimum absolute atomic E-state index is 0.155. The summed E-state index contributed by atoms with van der Waals surface area (Å²) in [7, 11) is 1.73. The largest absolute Gasteiger partial charge is 0.507 e. The second kappa shape index (κ2) is 12.3. The van der Waals surface area contributed by atoms with E-state index in [1.807, 2.05) is 0 Å². The van der Waals surface area contributed by atoms with E-state index in [9.17, 15) is 35.1 Å². The molecule has 2 aliphatic rings. The first kappa shape index (κ1) is 29.0. The predicted molar refractivity (Wildman–Crippen MR) is 120 cm³/mol. The van der Waals surface area contributed by atoms with Gasteiger partial charge in [-0.25, -0.2) is 19.4 Å². The van der Waals surface area contributed by atoms with Gasteiger partial charge in [-0.05, 0) is 25.1 Å². The van der Waals surface area contributed by atoms with Crippen LogP contribution in [0.3, 0.4) is 0 Å². The third kappa shape index (κ3) is 6.46. The van der Waals surface area contributed by atoms with Crippen molar-refractivity contribution in [2.45, 2.75) is 62.0 Å². The Morgan fingerprint density at radius 3 is 2.41 bits per heavy atom. The lowest BCUT2D eigenvalue weighted by Crippen LogP contribution is -2.93. The Balaban J connectivity index is 1.66. The van der Waals surface area contributed by atoms with Crippen molar-refractivity contribution in [3.05, 3.63) is 23.8 Å². The Hall–Kier alpha value is -2.60. The van der Waals surface area contributed by atoms with Crippen LogP contribution in [0.15, 0.2) is 18.2 Å². The molecule has 3 rings (SSSR count). The van der Waals surface area contributed by atoms with E-state index in [2.05, 4.69) is 0 Å². The molecule has 0 spiro atoms. The van der Waals surface area contributed by atoms with Crippen LogP contribution in [0.4, 0.5) is 5.69 Å². The van der Waals surface area contributed by atoms with Crippen LogP contribution in [0.5, 0.6) is 5.75 Å². The molecule has 4 unspecified atom stereocenters. The second-order valence-corrected chi connectivity index (χ2v) is 8.94. The third-order valence-electron chi connectivity index (χ3n) is 6.48. The van der Waals surface area contributed by atoms with Gasteiger partial charge < -0.3 is 55.9 Å². The second-order valence-electron chi connectivity index (χ2n) is 8.94. The van der Waals surface area contributed by atoms with E-state index < -0.39 is 72.9 Å². The highest BCUT2D eigenvalue weighted by Gasteiger charge is 2.49. The number of esters is 1. The first-order valence-corrected chi connectivity index (χ1v) is 11.6. The maximum Gasteiger partial charge on any atom is 0.342 e. The monoisotopic (exact) mass is 533 g/mol. The third-order valence-corrected chi connectivity index (χ3v) is 6.48. The number of hydrogen-bond donors (Lipinski definition) is 8. The molecule has 10 N–H and O–H groups in total. The van der Waals surface area contributed by atoms with E-state index in [0.717, 1.165) is 0 Å². The summed E-state index contributed by atoms with van der Waals surface area (Å²) in [5.41, 5.74) is 5.74. The lowest BCUT2D eigenvalue weighted by molar-refractivity contribution is -0.685. The van der Waals surface area contributed by atoms with Crippen molar-refractivity contribution in [2.24, 2.45) is 5.92 Å². The van der Waals surface area contributed by atoms with Gasteiger partial charge in [-0.3, -0.25) is 0 Å². The molecule has 2 fully saturated rings. The molecule has 0 amide bonds. The van der Waals surface area contributed by atoms with Crippen LogP contribution in [0, 0.1) is 5.92 Å². The van der Waals surface area contributed by atoms with Gasteiger partial charge in [-0.2, -0.15) is 0 Å². The van der Waals surface area contributed by atoms with E-state index in [1.54, 1.807) is 19.3 Å². The average molecular weight is 534 g/mol. The van der Waals surface area contributed by atoms with Gasteiger partial charge in [-0.15, -0.1) is 0 Å². The number of carboxylic acid groups (broad SMARTS) is 1. The summed E-state index contributed by atoms with van der Waals surface area (Å²) in [6, 6.07) is 3.48. The van der Waals surface area contributed by atoms with Crippen LogP contribution < -0.4 is 11.1 Å². The lowest BCUT2D eigenvalue weighted by Gasteiger charge is -2.42. The Morgan fingerprint density at radius 2 is 1.76 bits per heavy atom. The normalized spacial score (nSPS) is 36.2. The molecule has 0 radical (unpaired) electrons. The summed E-state index contributed by atoms with van der Waals surface area (Å²) < 4.78 is 16.2. The van der Waals surface area contributed by atoms with E-state index in [-0.39, 0.29) is 30.2 Å². The van der Waals surface area contributed by atoms with Crippen LogP contribution in [-0.2, 0) is 28.8 Å². The highest BCUT2D eigenvalue weighted by atomic mass is 17.2. The van der Waals surface area contributed by atoms with Gasteiger partial charge in [0.1, 0.15) is 60.6 Å². The SMILES string of the molecule is C[NH2+]C1[C@H](C)OC(COC(=O)c2cc(N)ccc2O)[C@H](COO[C@@H]2OC(C(=O)O)[C@H](O)[C@H](O)C2O)[C@@H]1O. The number of anilines is 1. The molecule has 0 bridgehead atoms. The van der Waals surface area contributed by atoms with Gasteiger partial charge >= 0.3 is 11.9 Å². The minimum atomic E-state index is -1.90. The maximum atomic E-state index is 12.5. The van der Waals surface area contributed by atoms with E-state index >= 15 is 0 Å². The fourth-order valence-electron chi connectivity index (χ4n) is 4.36. The lowest BCUT2D eigenvalue weighted by atomic mass is 9.86. The van der Waals surface area contributed by atoms with Gasteiger partial charge in [0, 0.05) is 11.6 Å². The molecule has 208 valence electrons. The summed E-state index contributed by atoms with van der Waals surface area (Å²) in [6.45, 7) is 1.01. The molecular formula is C22H33N2O13+. The molecule has 37 heavy (non-hydrogen) atoms. The Morgan fingerprint density at radius 1 is 1.05 bits per heavy atom. The molecular weight excluding hydrogens is 500 g/mol. The highest BCUT2D eigenvalue weighted by molar-refractivity contribution is 5.93. The number of hydrogen-bond acceptors (Lipinski definition) is 13. The van der Waals surface area contributed by atoms with Crippen LogP contribution in [-0.4, -0.2) is 118 Å². The Labute approximate surface area is 211 Å². The summed E-state index contributed by atoms with van der Waals surface area (Å²) >= 11 is 0. The predicted octanol–water partition coefficient (Wildman–Crippen LogP) is -3.70. The molecule has 2 heterocycles. The molecule has 0 aliphatic carbocycles. The first-order chi connectivity index (χ1) is 17.5. The quantitative estimate of drug-likeness (QED) is 0.0501. The summed E-state index contributed by atoms with van der Waals surface area (Å²) in [5, 5.41) is 61.5. The van der Waals surface area contributed by atoms with Crippen molar-refractivity contribution < 1.29 is 69.5 Å². The number of phenols is 1. The maximum absolute atomic E-state index is 12.5. The van der Waals surface area contributed by atoms with Gasteiger partial charge in [0.2, 0.25) is 6.29 Å². The van der Waals surface area contributed by atoms with E-state index in [4.69, 9.17) is 34.8 Å². The molecule has 1 aromatic rings. The van der Waals surface area contributed by atoms with Gasteiger partial charge in [0.15, 0.2) is 6.10 Å². The number of nitrogens with two attached hydrogens (primary N) is 2. The van der Waals surface area contributed by atoms with Crippen LogP contribution >= 0.6 is 0 Å². The number of likely N-dealkylation sites (N-methyl/N-ethyl adjacent to an activating group) is 1. The molecule has 2 saturated heterocycles. The summed E-state index contributed by atoms with van der Waals surface area (Å²) in [6.07, 6.45) is -11.7. The van der Waals surface area contributed by atoms with Gasteiger partial charge in [0.05, 0.1) is 13.7 Å². The molecule has 15 heteroatoms. The number of quaternary nitrogens is 1. The number of aromatic hydroxyl groups is 1. The Bertz CT molecular complexity index is 949. The van der Waals surface area contributed by atoms with Crippen LogP contribution in [0.2, 0.25) is 0 Å². The van der Waals surface area contributed by atoms with Crippen molar-refractivity contribution in [3.8, 4) is 5.75 Å². The standard InChI is InChI=1S/C22H32N2O13/c1-8-14(24-2)15(26)11(6-34-37-22-18(29)16(27)17(28)19(36-22)20(30)31)13(35-8)7-33-21(32)10-5-9(23)3-4-12(10)25/h3-5,8,11,13-19,22,24-29H,6-7,23H2,1-2H3,(H,30,31)/p+1/t8-,11-,13?,14?,15-,16-,17+,18?,19?,22-/m0/s1. The van der Waals surface area contributed by atoms with Crippen molar-refractivity contribution in [1.29, 1.82) is 0 Å². The minimum Gasteiger partial charge on any atom is -0.507 e. The number of carbonyl (C=O) groups is 2. The molecule has 0 saturated carbocycles. The smallest absolute Gasteiger partial charge is 0.342 e. The summed E-state index contributed by atoms with van der Waals surface area (Å²) in [5.74, 6) is -3.64. The number of carboxylic acids is 1. The van der Waals surface area contributed by atoms with Crippen LogP contribution in [0.1, 0.15) is 17.3 Å². The molecule has 10 atom stereocenters. The number of phenolic OH excluding ortho intramolecular Hbond substituents is 1. The van der Waals surface area contributed by atoms with Crippen molar-refractivity contribution in [1.82, 2.24) is 0 Å². The van der Waals surface area contributed by atoms with Gasteiger partial charge in [0.25, 0.3) is 0 Å². The zero-order chi connectivity index (χ0) is 27.4. The number of benzene rings is 1. The number of rotatable bonds is 9.